The number of nitrogens with two attached hydrogens (primary N) is 1. The molecule has 1 rings (SSSR count). The number of alkyl halides is 3. The van der Waals surface area contributed by atoms with E-state index >= 15 is 0 Å². The average molecular weight is 318 g/mol. The first-order chi connectivity index (χ1) is 8.20. The summed E-state index contributed by atoms with van der Waals surface area (Å²) in [5.41, 5.74) is 4.56. The van der Waals surface area contributed by atoms with Crippen molar-refractivity contribution in [2.24, 2.45) is 5.73 Å². The van der Waals surface area contributed by atoms with E-state index in [0.29, 0.717) is 0 Å². The molecule has 4 nitrogen and oxygen atoms in total. The molecule has 9 heteroatoms. The van der Waals surface area contributed by atoms with Crippen LogP contribution in [-0.2, 0) is 17.5 Å². The Hall–Kier alpha value is -0.860. The number of aromatic nitrogens is 1. The Kier molecular flexibility index (Phi) is 6.74. The van der Waals surface area contributed by atoms with Gasteiger partial charge in [-0.3, -0.25) is 4.79 Å². The molecular weight excluding hydrogens is 303 g/mol. The Bertz CT molecular complexity index is 422. The maximum atomic E-state index is 12.3. The van der Waals surface area contributed by atoms with E-state index in [1.165, 1.54) is 11.9 Å². The highest BCUT2D eigenvalue weighted by atomic mass is 35.5. The van der Waals surface area contributed by atoms with Crippen LogP contribution in [0, 0.1) is 0 Å². The quantitative estimate of drug-likeness (QED) is 0.927. The van der Waals surface area contributed by atoms with Gasteiger partial charge >= 0.3 is 6.18 Å². The van der Waals surface area contributed by atoms with Gasteiger partial charge in [-0.2, -0.15) is 13.2 Å². The van der Waals surface area contributed by atoms with Gasteiger partial charge in [-0.15, -0.1) is 23.7 Å². The molecule has 1 unspecified atom stereocenters. The van der Waals surface area contributed by atoms with Gasteiger partial charge in [0.05, 0.1) is 6.54 Å². The van der Waals surface area contributed by atoms with Gasteiger partial charge in [0.1, 0.15) is 5.01 Å². The van der Waals surface area contributed by atoms with Gasteiger partial charge in [-0.05, 0) is 6.92 Å². The fourth-order valence-corrected chi connectivity index (χ4v) is 2.09. The van der Waals surface area contributed by atoms with Crippen molar-refractivity contribution in [3.8, 4) is 0 Å². The van der Waals surface area contributed by atoms with Crippen LogP contribution in [0.2, 0.25) is 0 Å². The fraction of sp³-hybridized carbons (Fsp3) is 0.600. The number of nitrogens with zero attached hydrogens (tertiary/aromatic N) is 2. The summed E-state index contributed by atoms with van der Waals surface area (Å²) in [6.45, 7) is 1.75. The molecule has 1 amide bonds. The van der Waals surface area contributed by atoms with E-state index in [4.69, 9.17) is 5.73 Å². The number of rotatable bonds is 4. The number of thiazole rings is 1. The van der Waals surface area contributed by atoms with Gasteiger partial charge in [0.25, 0.3) is 0 Å². The second-order valence-corrected chi connectivity index (χ2v) is 5.00. The number of carbonyl (C=O) groups excluding carboxylic acids is 1. The minimum atomic E-state index is -4.44. The van der Waals surface area contributed by atoms with E-state index in [9.17, 15) is 18.0 Å². The lowest BCUT2D eigenvalue weighted by atomic mass is 10.2. The normalized spacial score (nSPS) is 12.7. The second kappa shape index (κ2) is 7.06. The Labute approximate surface area is 119 Å². The van der Waals surface area contributed by atoms with Crippen LogP contribution in [-0.4, -0.2) is 28.9 Å². The van der Waals surface area contributed by atoms with Gasteiger partial charge in [0, 0.05) is 24.9 Å². The minimum absolute atomic E-state index is 0. The number of hydrogen-bond acceptors (Lipinski definition) is 4. The molecule has 0 bridgehead atoms. The largest absolute Gasteiger partial charge is 0.434 e. The summed E-state index contributed by atoms with van der Waals surface area (Å²) in [4.78, 5) is 16.3. The molecular formula is C10H15ClF3N3OS. The van der Waals surface area contributed by atoms with Crippen LogP contribution < -0.4 is 5.73 Å². The van der Waals surface area contributed by atoms with E-state index in [1.54, 1.807) is 6.92 Å². The summed E-state index contributed by atoms with van der Waals surface area (Å²) < 4.78 is 36.9. The van der Waals surface area contributed by atoms with Gasteiger partial charge in [0.15, 0.2) is 5.69 Å². The first-order valence-electron chi connectivity index (χ1n) is 5.21. The van der Waals surface area contributed by atoms with Crippen molar-refractivity contribution in [3.63, 3.8) is 0 Å². The van der Waals surface area contributed by atoms with Crippen LogP contribution in [0.25, 0.3) is 0 Å². The molecule has 1 heterocycles. The van der Waals surface area contributed by atoms with E-state index in [2.05, 4.69) is 4.98 Å². The maximum absolute atomic E-state index is 12.3. The van der Waals surface area contributed by atoms with Crippen LogP contribution in [0.4, 0.5) is 13.2 Å². The zero-order valence-electron chi connectivity index (χ0n) is 10.4. The van der Waals surface area contributed by atoms with Crippen LogP contribution in [0.1, 0.15) is 24.0 Å². The molecule has 0 aliphatic rings. The molecule has 0 aliphatic heterocycles. The molecule has 1 atom stereocenters. The SMILES string of the molecule is CC(N)CC(=O)N(C)Cc1nc(C(F)(F)F)cs1.Cl. The van der Waals surface area contributed by atoms with Crippen molar-refractivity contribution in [3.05, 3.63) is 16.1 Å². The Morgan fingerprint density at radius 1 is 1.58 bits per heavy atom. The lowest BCUT2D eigenvalue weighted by Gasteiger charge is -2.16. The zero-order chi connectivity index (χ0) is 13.9. The standard InChI is InChI=1S/C10H14F3N3OS.ClH/c1-6(14)3-9(17)16(2)4-8-15-7(5-18-8)10(11,12)13;/h5-6H,3-4,14H2,1-2H3;1H. The topological polar surface area (TPSA) is 59.2 Å². The van der Waals surface area contributed by atoms with Gasteiger partial charge in [-0.25, -0.2) is 4.98 Å². The molecule has 2 N–H and O–H groups in total. The second-order valence-electron chi connectivity index (χ2n) is 4.06. The fourth-order valence-electron chi connectivity index (χ4n) is 1.24. The van der Waals surface area contributed by atoms with E-state index < -0.39 is 11.9 Å². The van der Waals surface area contributed by atoms with Crippen LogP contribution in [0.15, 0.2) is 5.38 Å². The summed E-state index contributed by atoms with van der Waals surface area (Å²) in [5, 5.41) is 1.20. The highest BCUT2D eigenvalue weighted by molar-refractivity contribution is 7.09. The zero-order valence-corrected chi connectivity index (χ0v) is 12.0. The first kappa shape index (κ1) is 18.1. The van der Waals surface area contributed by atoms with Crippen molar-refractivity contribution < 1.29 is 18.0 Å². The molecule has 0 fully saturated rings. The summed E-state index contributed by atoms with van der Waals surface area (Å²) in [7, 11) is 1.51. The lowest BCUT2D eigenvalue weighted by Crippen LogP contribution is -2.31. The molecule has 0 saturated carbocycles. The number of carbonyl (C=O) groups is 1. The van der Waals surface area contributed by atoms with Crippen LogP contribution in [0.3, 0.4) is 0 Å². The molecule has 0 radical (unpaired) electrons. The van der Waals surface area contributed by atoms with E-state index in [-0.39, 0.29) is 42.3 Å². The van der Waals surface area contributed by atoms with Crippen LogP contribution in [0.5, 0.6) is 0 Å². The highest BCUT2D eigenvalue weighted by Crippen LogP contribution is 2.30. The van der Waals surface area contributed by atoms with Crippen LogP contribution >= 0.6 is 23.7 Å². The minimum Gasteiger partial charge on any atom is -0.339 e. The third-order valence-corrected chi connectivity index (χ3v) is 2.97. The number of amides is 1. The Balaban J connectivity index is 0.00000324. The predicted molar refractivity (Wildman–Crippen MR) is 69.1 cm³/mol. The number of halogens is 4. The third kappa shape index (κ3) is 5.75. The molecule has 19 heavy (non-hydrogen) atoms. The molecule has 0 saturated heterocycles. The summed E-state index contributed by atoms with van der Waals surface area (Å²) in [5.74, 6) is -0.214. The predicted octanol–water partition coefficient (Wildman–Crippen LogP) is 2.28. The molecule has 1 aromatic rings. The average Bonchev–Trinajstić information content (AvgIpc) is 2.64. The summed E-state index contributed by atoms with van der Waals surface area (Å²) >= 11 is 0.885. The Morgan fingerprint density at radius 2 is 2.16 bits per heavy atom. The van der Waals surface area contributed by atoms with Crippen molar-refractivity contribution in [2.45, 2.75) is 32.1 Å². The van der Waals surface area contributed by atoms with Gasteiger partial charge in [0.2, 0.25) is 5.91 Å². The summed E-state index contributed by atoms with van der Waals surface area (Å²) in [6.07, 6.45) is -4.28. The molecule has 110 valence electrons. The molecule has 1 aromatic heterocycles. The maximum Gasteiger partial charge on any atom is 0.434 e. The highest BCUT2D eigenvalue weighted by Gasteiger charge is 2.33. The first-order valence-corrected chi connectivity index (χ1v) is 6.09. The van der Waals surface area contributed by atoms with Crippen molar-refractivity contribution in [1.82, 2.24) is 9.88 Å². The summed E-state index contributed by atoms with van der Waals surface area (Å²) in [6, 6.07) is -0.276. The van der Waals surface area contributed by atoms with E-state index in [1.807, 2.05) is 0 Å². The third-order valence-electron chi connectivity index (χ3n) is 2.14. The molecule has 0 aromatic carbocycles. The number of hydrogen-bond donors (Lipinski definition) is 1. The van der Waals surface area contributed by atoms with Gasteiger partial charge in [-0.1, -0.05) is 0 Å². The smallest absolute Gasteiger partial charge is 0.339 e. The molecule has 0 spiro atoms. The van der Waals surface area contributed by atoms with Crippen molar-refractivity contribution >= 4 is 29.7 Å². The monoisotopic (exact) mass is 317 g/mol. The lowest BCUT2D eigenvalue weighted by molar-refractivity contribution is -0.140. The Morgan fingerprint density at radius 3 is 2.58 bits per heavy atom. The van der Waals surface area contributed by atoms with Crippen molar-refractivity contribution in [1.29, 1.82) is 0 Å². The van der Waals surface area contributed by atoms with E-state index in [0.717, 1.165) is 16.7 Å². The van der Waals surface area contributed by atoms with Crippen molar-refractivity contribution in [2.75, 3.05) is 7.05 Å². The van der Waals surface area contributed by atoms with Gasteiger partial charge < -0.3 is 10.6 Å². The molecule has 0 aliphatic carbocycles.